The molecule has 0 amide bonds. The van der Waals surface area contributed by atoms with Gasteiger partial charge >= 0.3 is 0 Å². The molecule has 1 aliphatic carbocycles. The second-order valence-electron chi connectivity index (χ2n) is 5.23. The number of hydrogen-bond acceptors (Lipinski definition) is 1. The van der Waals surface area contributed by atoms with Crippen LogP contribution in [0.1, 0.15) is 38.2 Å². The lowest BCUT2D eigenvalue weighted by Crippen LogP contribution is -2.34. The summed E-state index contributed by atoms with van der Waals surface area (Å²) >= 11 is 12.3. The molecule has 1 fully saturated rings. The van der Waals surface area contributed by atoms with E-state index in [1.807, 2.05) is 18.2 Å². The third kappa shape index (κ3) is 3.88. The van der Waals surface area contributed by atoms with Gasteiger partial charge in [-0.2, -0.15) is 0 Å². The highest BCUT2D eigenvalue weighted by molar-refractivity contribution is 6.33. The zero-order chi connectivity index (χ0) is 13.0. The molecule has 0 saturated heterocycles. The topological polar surface area (TPSA) is 12.0 Å². The SMILES string of the molecule is CCNC(Cc1cc(Cl)ccc1Cl)CC1CCC1. The summed E-state index contributed by atoms with van der Waals surface area (Å²) in [4.78, 5) is 0. The lowest BCUT2D eigenvalue weighted by molar-refractivity contribution is 0.260. The van der Waals surface area contributed by atoms with Gasteiger partial charge in [0.1, 0.15) is 0 Å². The van der Waals surface area contributed by atoms with E-state index >= 15 is 0 Å². The highest BCUT2D eigenvalue weighted by atomic mass is 35.5. The Bertz CT molecular complexity index is 388. The average molecular weight is 286 g/mol. The number of halogens is 2. The molecule has 1 unspecified atom stereocenters. The van der Waals surface area contributed by atoms with Gasteiger partial charge in [-0.1, -0.05) is 49.4 Å². The van der Waals surface area contributed by atoms with Gasteiger partial charge in [0.05, 0.1) is 0 Å². The molecule has 0 spiro atoms. The Morgan fingerprint density at radius 3 is 2.72 bits per heavy atom. The Kier molecular flexibility index (Phi) is 5.35. The van der Waals surface area contributed by atoms with Crippen LogP contribution in [0.25, 0.3) is 0 Å². The van der Waals surface area contributed by atoms with Gasteiger partial charge in [0.25, 0.3) is 0 Å². The molecule has 100 valence electrons. The second-order valence-corrected chi connectivity index (χ2v) is 6.07. The van der Waals surface area contributed by atoms with E-state index in [0.29, 0.717) is 6.04 Å². The molecule has 0 aliphatic heterocycles. The summed E-state index contributed by atoms with van der Waals surface area (Å²) in [6, 6.07) is 6.26. The van der Waals surface area contributed by atoms with E-state index in [2.05, 4.69) is 12.2 Å². The molecule has 1 N–H and O–H groups in total. The molecule has 0 bridgehead atoms. The van der Waals surface area contributed by atoms with Crippen molar-refractivity contribution in [2.45, 2.75) is 45.1 Å². The van der Waals surface area contributed by atoms with Crippen LogP contribution in [0.3, 0.4) is 0 Å². The molecule has 0 heterocycles. The number of likely N-dealkylation sites (N-methyl/N-ethyl adjacent to an activating group) is 1. The van der Waals surface area contributed by atoms with Gasteiger partial charge in [-0.15, -0.1) is 0 Å². The third-order valence-corrected chi connectivity index (χ3v) is 4.41. The summed E-state index contributed by atoms with van der Waals surface area (Å²) in [5.74, 6) is 0.909. The lowest BCUT2D eigenvalue weighted by atomic mass is 9.80. The molecule has 1 saturated carbocycles. The molecule has 1 nitrogen and oxygen atoms in total. The van der Waals surface area contributed by atoms with E-state index in [-0.39, 0.29) is 0 Å². The van der Waals surface area contributed by atoms with Crippen molar-refractivity contribution in [3.63, 3.8) is 0 Å². The Morgan fingerprint density at radius 1 is 1.33 bits per heavy atom. The first-order chi connectivity index (χ1) is 8.69. The lowest BCUT2D eigenvalue weighted by Gasteiger charge is -2.30. The standard InChI is InChI=1S/C15H21Cl2N/c1-2-18-14(8-11-4-3-5-11)10-12-9-13(16)6-7-15(12)17/h6-7,9,11,14,18H,2-5,8,10H2,1H3. The van der Waals surface area contributed by atoms with Crippen molar-refractivity contribution in [2.75, 3.05) is 6.54 Å². The Hall–Kier alpha value is -0.240. The van der Waals surface area contributed by atoms with E-state index in [1.165, 1.54) is 25.7 Å². The third-order valence-electron chi connectivity index (χ3n) is 3.81. The quantitative estimate of drug-likeness (QED) is 0.799. The van der Waals surface area contributed by atoms with Gasteiger partial charge in [-0.3, -0.25) is 0 Å². The van der Waals surface area contributed by atoms with Gasteiger partial charge in [0, 0.05) is 16.1 Å². The zero-order valence-corrected chi connectivity index (χ0v) is 12.4. The van der Waals surface area contributed by atoms with Crippen molar-refractivity contribution in [1.82, 2.24) is 5.32 Å². The first kappa shape index (κ1) is 14.2. The molecule has 0 radical (unpaired) electrons. The van der Waals surface area contributed by atoms with E-state index in [1.54, 1.807) is 0 Å². The van der Waals surface area contributed by atoms with Gasteiger partial charge in [0.15, 0.2) is 0 Å². The molecule has 1 aromatic carbocycles. The first-order valence-corrected chi connectivity index (χ1v) is 7.62. The monoisotopic (exact) mass is 285 g/mol. The average Bonchev–Trinajstić information content (AvgIpc) is 2.28. The maximum Gasteiger partial charge on any atom is 0.0439 e. The number of benzene rings is 1. The molecule has 3 heteroatoms. The van der Waals surface area contributed by atoms with Crippen LogP contribution in [0.4, 0.5) is 0 Å². The highest BCUT2D eigenvalue weighted by Gasteiger charge is 2.22. The van der Waals surface area contributed by atoms with E-state index in [0.717, 1.165) is 34.5 Å². The van der Waals surface area contributed by atoms with Crippen molar-refractivity contribution in [2.24, 2.45) is 5.92 Å². The Labute approximate surface area is 120 Å². The van der Waals surface area contributed by atoms with Crippen LogP contribution in [0, 0.1) is 5.92 Å². The predicted octanol–water partition coefficient (Wildman–Crippen LogP) is 4.70. The van der Waals surface area contributed by atoms with Crippen LogP contribution in [0.2, 0.25) is 10.0 Å². The van der Waals surface area contributed by atoms with E-state index in [4.69, 9.17) is 23.2 Å². The zero-order valence-electron chi connectivity index (χ0n) is 10.9. The Morgan fingerprint density at radius 2 is 2.11 bits per heavy atom. The van der Waals surface area contributed by atoms with Crippen molar-refractivity contribution in [3.8, 4) is 0 Å². The van der Waals surface area contributed by atoms with Crippen LogP contribution in [0.5, 0.6) is 0 Å². The minimum atomic E-state index is 0.524. The van der Waals surface area contributed by atoms with Gasteiger partial charge in [-0.25, -0.2) is 0 Å². The van der Waals surface area contributed by atoms with Crippen molar-refractivity contribution in [1.29, 1.82) is 0 Å². The normalized spacial score (nSPS) is 17.5. The maximum atomic E-state index is 6.24. The fourth-order valence-electron chi connectivity index (χ4n) is 2.62. The largest absolute Gasteiger partial charge is 0.314 e. The first-order valence-electron chi connectivity index (χ1n) is 6.86. The van der Waals surface area contributed by atoms with Gasteiger partial charge < -0.3 is 5.32 Å². The summed E-state index contributed by atoms with van der Waals surface area (Å²) < 4.78 is 0. The number of nitrogens with one attached hydrogen (secondary N) is 1. The van der Waals surface area contributed by atoms with Crippen LogP contribution < -0.4 is 5.32 Å². The van der Waals surface area contributed by atoms with E-state index < -0.39 is 0 Å². The van der Waals surface area contributed by atoms with E-state index in [9.17, 15) is 0 Å². The predicted molar refractivity (Wildman–Crippen MR) is 79.6 cm³/mol. The van der Waals surface area contributed by atoms with Crippen LogP contribution in [-0.2, 0) is 6.42 Å². The van der Waals surface area contributed by atoms with Crippen LogP contribution in [-0.4, -0.2) is 12.6 Å². The molecule has 0 aromatic heterocycles. The molecule has 1 atom stereocenters. The summed E-state index contributed by atoms with van der Waals surface area (Å²) in [5, 5.41) is 5.18. The van der Waals surface area contributed by atoms with Crippen LogP contribution >= 0.6 is 23.2 Å². The number of rotatable bonds is 6. The molecule has 1 aliphatic rings. The van der Waals surface area contributed by atoms with Gasteiger partial charge in [-0.05, 0) is 49.1 Å². The molecular weight excluding hydrogens is 265 g/mol. The smallest absolute Gasteiger partial charge is 0.0439 e. The van der Waals surface area contributed by atoms with Crippen LogP contribution in [0.15, 0.2) is 18.2 Å². The molecule has 18 heavy (non-hydrogen) atoms. The van der Waals surface area contributed by atoms with Gasteiger partial charge in [0.2, 0.25) is 0 Å². The van der Waals surface area contributed by atoms with Crippen molar-refractivity contribution < 1.29 is 0 Å². The molecule has 1 aromatic rings. The maximum absolute atomic E-state index is 6.24. The molecule has 2 rings (SSSR count). The second kappa shape index (κ2) is 6.79. The molecular formula is C15H21Cl2N. The minimum absolute atomic E-state index is 0.524. The fourth-order valence-corrected chi connectivity index (χ4v) is 3.01. The summed E-state index contributed by atoms with van der Waals surface area (Å²) in [6.07, 6.45) is 6.43. The van der Waals surface area contributed by atoms with Crippen molar-refractivity contribution >= 4 is 23.2 Å². The fraction of sp³-hybridized carbons (Fsp3) is 0.600. The summed E-state index contributed by atoms with van der Waals surface area (Å²) in [6.45, 7) is 3.17. The summed E-state index contributed by atoms with van der Waals surface area (Å²) in [7, 11) is 0. The van der Waals surface area contributed by atoms with Crippen molar-refractivity contribution in [3.05, 3.63) is 33.8 Å². The number of hydrogen-bond donors (Lipinski definition) is 1. The Balaban J connectivity index is 1.99. The highest BCUT2D eigenvalue weighted by Crippen LogP contribution is 2.32. The minimum Gasteiger partial charge on any atom is -0.314 e. The summed E-state index contributed by atoms with van der Waals surface area (Å²) in [5.41, 5.74) is 1.16.